The molecule has 0 saturated carbocycles. The van der Waals surface area contributed by atoms with E-state index < -0.39 is 6.10 Å². The molecule has 1 N–H and O–H groups in total. The normalized spacial score (nSPS) is 16.5. The predicted molar refractivity (Wildman–Crippen MR) is 84.2 cm³/mol. The van der Waals surface area contributed by atoms with Crippen LogP contribution in [0.2, 0.25) is 0 Å². The second-order valence-corrected chi connectivity index (χ2v) is 5.72. The van der Waals surface area contributed by atoms with Crippen molar-refractivity contribution in [2.24, 2.45) is 0 Å². The van der Waals surface area contributed by atoms with Crippen LogP contribution in [0.15, 0.2) is 30.3 Å². The van der Waals surface area contributed by atoms with Crippen molar-refractivity contribution in [3.63, 3.8) is 0 Å². The molecule has 0 aromatic heterocycles. The van der Waals surface area contributed by atoms with E-state index in [9.17, 15) is 14.7 Å². The number of benzene rings is 1. The fourth-order valence-corrected chi connectivity index (χ4v) is 2.69. The average molecular weight is 304 g/mol. The number of carbonyl (C=O) groups is 2. The highest BCUT2D eigenvalue weighted by Crippen LogP contribution is 2.09. The molecule has 1 aromatic carbocycles. The first-order valence-electron chi connectivity index (χ1n) is 7.86. The zero-order chi connectivity index (χ0) is 15.9. The number of aryl methyl sites for hydroxylation is 1. The SMILES string of the molecule is CC(O)C(=O)N1CCN(C(=O)CCCc2ccccc2)CC1. The standard InChI is InChI=1S/C17H24N2O3/c1-14(20)17(22)19-12-10-18(11-13-19)16(21)9-5-8-15-6-3-2-4-7-15/h2-4,6-7,14,20H,5,8-13H2,1H3. The van der Waals surface area contributed by atoms with Gasteiger partial charge in [-0.25, -0.2) is 0 Å². The van der Waals surface area contributed by atoms with Gasteiger partial charge in [-0.05, 0) is 25.3 Å². The number of aliphatic hydroxyl groups is 1. The molecule has 1 atom stereocenters. The maximum absolute atomic E-state index is 12.2. The molecule has 2 rings (SSSR count). The summed E-state index contributed by atoms with van der Waals surface area (Å²) >= 11 is 0. The van der Waals surface area contributed by atoms with Gasteiger partial charge < -0.3 is 14.9 Å². The molecule has 0 aliphatic carbocycles. The molecule has 22 heavy (non-hydrogen) atoms. The Morgan fingerprint density at radius 3 is 2.27 bits per heavy atom. The summed E-state index contributed by atoms with van der Waals surface area (Å²) < 4.78 is 0. The smallest absolute Gasteiger partial charge is 0.251 e. The molecular formula is C17H24N2O3. The van der Waals surface area contributed by atoms with Crippen LogP contribution in [0, 0.1) is 0 Å². The number of hydrogen-bond acceptors (Lipinski definition) is 3. The first kappa shape index (κ1) is 16.5. The molecular weight excluding hydrogens is 280 g/mol. The minimum Gasteiger partial charge on any atom is -0.384 e. The van der Waals surface area contributed by atoms with Crippen molar-refractivity contribution in [3.8, 4) is 0 Å². The Labute approximate surface area is 131 Å². The van der Waals surface area contributed by atoms with E-state index in [0.717, 1.165) is 12.8 Å². The van der Waals surface area contributed by atoms with Gasteiger partial charge in [0.15, 0.2) is 0 Å². The molecule has 120 valence electrons. The van der Waals surface area contributed by atoms with Gasteiger partial charge in [0, 0.05) is 32.6 Å². The summed E-state index contributed by atoms with van der Waals surface area (Å²) in [6.07, 6.45) is 1.33. The molecule has 5 nitrogen and oxygen atoms in total. The molecule has 1 aromatic rings. The Kier molecular flexibility index (Phi) is 5.95. The van der Waals surface area contributed by atoms with Crippen molar-refractivity contribution in [3.05, 3.63) is 35.9 Å². The first-order chi connectivity index (χ1) is 10.6. The van der Waals surface area contributed by atoms with Crippen molar-refractivity contribution in [1.82, 2.24) is 9.80 Å². The van der Waals surface area contributed by atoms with Gasteiger partial charge in [0.25, 0.3) is 5.91 Å². The van der Waals surface area contributed by atoms with Crippen molar-refractivity contribution in [2.75, 3.05) is 26.2 Å². The highest BCUT2D eigenvalue weighted by molar-refractivity contribution is 5.81. The zero-order valence-electron chi connectivity index (χ0n) is 13.1. The minimum atomic E-state index is -0.965. The Hall–Kier alpha value is -1.88. The molecule has 1 fully saturated rings. The van der Waals surface area contributed by atoms with E-state index in [4.69, 9.17) is 0 Å². The van der Waals surface area contributed by atoms with Crippen LogP contribution in [-0.2, 0) is 16.0 Å². The molecule has 1 heterocycles. The van der Waals surface area contributed by atoms with Gasteiger partial charge in [-0.1, -0.05) is 30.3 Å². The van der Waals surface area contributed by atoms with E-state index in [0.29, 0.717) is 32.6 Å². The lowest BCUT2D eigenvalue weighted by atomic mass is 10.1. The number of nitrogens with zero attached hydrogens (tertiary/aromatic N) is 2. The van der Waals surface area contributed by atoms with Crippen LogP contribution in [-0.4, -0.2) is 59.0 Å². The quantitative estimate of drug-likeness (QED) is 0.885. The highest BCUT2D eigenvalue weighted by atomic mass is 16.3. The predicted octanol–water partition coefficient (Wildman–Crippen LogP) is 1.06. The van der Waals surface area contributed by atoms with Crippen LogP contribution in [0.3, 0.4) is 0 Å². The average Bonchev–Trinajstić information content (AvgIpc) is 2.55. The summed E-state index contributed by atoms with van der Waals surface area (Å²) in [5.74, 6) is -0.101. The number of hydrogen-bond donors (Lipinski definition) is 1. The molecule has 0 spiro atoms. The molecule has 1 aliphatic heterocycles. The summed E-state index contributed by atoms with van der Waals surface area (Å²) in [7, 11) is 0. The van der Waals surface area contributed by atoms with Crippen molar-refractivity contribution in [2.45, 2.75) is 32.3 Å². The molecule has 1 saturated heterocycles. The largest absolute Gasteiger partial charge is 0.384 e. The van der Waals surface area contributed by atoms with Gasteiger partial charge >= 0.3 is 0 Å². The van der Waals surface area contributed by atoms with E-state index in [2.05, 4.69) is 12.1 Å². The van der Waals surface area contributed by atoms with Crippen LogP contribution < -0.4 is 0 Å². The Bertz CT molecular complexity index is 494. The number of rotatable bonds is 5. The third kappa shape index (κ3) is 4.56. The van der Waals surface area contributed by atoms with Crippen molar-refractivity contribution >= 4 is 11.8 Å². The lowest BCUT2D eigenvalue weighted by Crippen LogP contribution is -2.52. The maximum Gasteiger partial charge on any atom is 0.251 e. The summed E-state index contributed by atoms with van der Waals surface area (Å²) in [5, 5.41) is 9.30. The summed E-state index contributed by atoms with van der Waals surface area (Å²) in [6, 6.07) is 10.2. The number of aliphatic hydroxyl groups excluding tert-OH is 1. The van der Waals surface area contributed by atoms with E-state index >= 15 is 0 Å². The van der Waals surface area contributed by atoms with Gasteiger partial charge in [0.2, 0.25) is 5.91 Å². The highest BCUT2D eigenvalue weighted by Gasteiger charge is 2.25. The van der Waals surface area contributed by atoms with Gasteiger partial charge in [-0.2, -0.15) is 0 Å². The fraction of sp³-hybridized carbons (Fsp3) is 0.529. The third-order valence-electron chi connectivity index (χ3n) is 4.00. The second kappa shape index (κ2) is 7.94. The first-order valence-corrected chi connectivity index (χ1v) is 7.86. The van der Waals surface area contributed by atoms with Crippen molar-refractivity contribution in [1.29, 1.82) is 0 Å². The minimum absolute atomic E-state index is 0.153. The van der Waals surface area contributed by atoms with Crippen molar-refractivity contribution < 1.29 is 14.7 Å². The van der Waals surface area contributed by atoms with Gasteiger partial charge in [0.1, 0.15) is 6.10 Å². The Morgan fingerprint density at radius 1 is 1.09 bits per heavy atom. The molecule has 1 unspecified atom stereocenters. The maximum atomic E-state index is 12.2. The number of amides is 2. The summed E-state index contributed by atoms with van der Waals surface area (Å²) in [5.41, 5.74) is 1.25. The van der Waals surface area contributed by atoms with Crippen LogP contribution in [0.25, 0.3) is 0 Å². The van der Waals surface area contributed by atoms with E-state index in [1.807, 2.05) is 23.1 Å². The zero-order valence-corrected chi connectivity index (χ0v) is 13.1. The lowest BCUT2D eigenvalue weighted by molar-refractivity contribution is -0.144. The lowest BCUT2D eigenvalue weighted by Gasteiger charge is -2.35. The van der Waals surface area contributed by atoms with E-state index in [-0.39, 0.29) is 11.8 Å². The summed E-state index contributed by atoms with van der Waals surface area (Å²) in [6.45, 7) is 3.61. The third-order valence-corrected chi connectivity index (χ3v) is 4.00. The Morgan fingerprint density at radius 2 is 1.68 bits per heavy atom. The van der Waals surface area contributed by atoms with Gasteiger partial charge in [-0.3, -0.25) is 9.59 Å². The van der Waals surface area contributed by atoms with E-state index in [1.165, 1.54) is 12.5 Å². The molecule has 2 amide bonds. The van der Waals surface area contributed by atoms with E-state index in [1.54, 1.807) is 4.90 Å². The Balaban J connectivity index is 1.70. The molecule has 0 bridgehead atoms. The molecule has 0 radical (unpaired) electrons. The topological polar surface area (TPSA) is 60.9 Å². The van der Waals surface area contributed by atoms with Crippen LogP contribution in [0.4, 0.5) is 0 Å². The second-order valence-electron chi connectivity index (χ2n) is 5.72. The number of carbonyl (C=O) groups excluding carboxylic acids is 2. The van der Waals surface area contributed by atoms with Crippen LogP contribution >= 0.6 is 0 Å². The molecule has 5 heteroatoms. The van der Waals surface area contributed by atoms with Crippen LogP contribution in [0.5, 0.6) is 0 Å². The monoisotopic (exact) mass is 304 g/mol. The molecule has 1 aliphatic rings. The van der Waals surface area contributed by atoms with Gasteiger partial charge in [-0.15, -0.1) is 0 Å². The number of piperazine rings is 1. The summed E-state index contributed by atoms with van der Waals surface area (Å²) in [4.78, 5) is 27.3. The van der Waals surface area contributed by atoms with Crippen LogP contribution in [0.1, 0.15) is 25.3 Å². The van der Waals surface area contributed by atoms with Gasteiger partial charge in [0.05, 0.1) is 0 Å². The fourth-order valence-electron chi connectivity index (χ4n) is 2.69.